The van der Waals surface area contributed by atoms with Gasteiger partial charge < -0.3 is 19.4 Å². The van der Waals surface area contributed by atoms with E-state index >= 15 is 0 Å². The lowest BCUT2D eigenvalue weighted by atomic mass is 10.0. The van der Waals surface area contributed by atoms with E-state index < -0.39 is 0 Å². The Balaban J connectivity index is 1.50. The minimum Gasteiger partial charge on any atom is -0.379 e. The van der Waals surface area contributed by atoms with E-state index in [4.69, 9.17) is 9.47 Å². The third kappa shape index (κ3) is 5.49. The highest BCUT2D eigenvalue weighted by molar-refractivity contribution is 7.99. The molecule has 2 saturated heterocycles. The fraction of sp³-hybridized carbons (Fsp3) is 0.800. The van der Waals surface area contributed by atoms with Gasteiger partial charge in [0, 0.05) is 37.5 Å². The molecule has 0 radical (unpaired) electrons. The van der Waals surface area contributed by atoms with Crippen molar-refractivity contribution in [3.05, 3.63) is 11.4 Å². The number of morpholine rings is 1. The Morgan fingerprint density at radius 2 is 2.04 bits per heavy atom. The second-order valence-corrected chi connectivity index (χ2v) is 9.23. The number of hydrogen-bond donors (Lipinski definition) is 1. The molecule has 158 valence electrons. The first-order valence-corrected chi connectivity index (χ1v) is 11.2. The number of aryl methyl sites for hydroxylation is 1. The van der Waals surface area contributed by atoms with Crippen LogP contribution in [0.5, 0.6) is 0 Å². The van der Waals surface area contributed by atoms with Crippen LogP contribution in [0.15, 0.2) is 5.16 Å². The van der Waals surface area contributed by atoms with Crippen LogP contribution in [0.3, 0.4) is 0 Å². The SMILES string of the molecule is Cc1nc(SCC(=O)NCC(C)(C)N2CCOCC2)n(CC2CCCO2)c1C. The summed E-state index contributed by atoms with van der Waals surface area (Å²) in [6, 6.07) is 0. The Morgan fingerprint density at radius 1 is 1.29 bits per heavy atom. The van der Waals surface area contributed by atoms with Gasteiger partial charge in [0.2, 0.25) is 5.91 Å². The predicted octanol–water partition coefficient (Wildman–Crippen LogP) is 2.00. The van der Waals surface area contributed by atoms with Crippen LogP contribution in [0.4, 0.5) is 0 Å². The Bertz CT molecular complexity index is 665. The molecular formula is C20H34N4O3S. The van der Waals surface area contributed by atoms with Gasteiger partial charge in [-0.25, -0.2) is 4.98 Å². The summed E-state index contributed by atoms with van der Waals surface area (Å²) in [6.07, 6.45) is 2.48. The largest absolute Gasteiger partial charge is 0.379 e. The summed E-state index contributed by atoms with van der Waals surface area (Å²) in [4.78, 5) is 19.5. The van der Waals surface area contributed by atoms with E-state index in [0.29, 0.717) is 12.3 Å². The maximum Gasteiger partial charge on any atom is 0.230 e. The molecule has 0 saturated carbocycles. The second-order valence-electron chi connectivity index (χ2n) is 8.29. The average Bonchev–Trinajstić information content (AvgIpc) is 3.29. The van der Waals surface area contributed by atoms with E-state index in [2.05, 4.69) is 40.5 Å². The first kappa shape index (κ1) is 21.6. The lowest BCUT2D eigenvalue weighted by molar-refractivity contribution is -0.119. The first-order chi connectivity index (χ1) is 13.4. The zero-order valence-corrected chi connectivity index (χ0v) is 18.4. The Labute approximate surface area is 172 Å². The summed E-state index contributed by atoms with van der Waals surface area (Å²) in [7, 11) is 0. The third-order valence-corrected chi connectivity index (χ3v) is 6.73. The zero-order chi connectivity index (χ0) is 20.1. The van der Waals surface area contributed by atoms with Gasteiger partial charge in [-0.05, 0) is 40.5 Å². The summed E-state index contributed by atoms with van der Waals surface area (Å²) >= 11 is 1.51. The third-order valence-electron chi connectivity index (χ3n) is 5.75. The van der Waals surface area contributed by atoms with Gasteiger partial charge in [-0.1, -0.05) is 11.8 Å². The van der Waals surface area contributed by atoms with Crippen molar-refractivity contribution in [3.8, 4) is 0 Å². The summed E-state index contributed by atoms with van der Waals surface area (Å²) < 4.78 is 13.4. The van der Waals surface area contributed by atoms with E-state index in [9.17, 15) is 4.79 Å². The molecular weight excluding hydrogens is 376 g/mol. The number of nitrogens with zero attached hydrogens (tertiary/aromatic N) is 3. The highest BCUT2D eigenvalue weighted by Gasteiger charge is 2.28. The molecule has 8 heteroatoms. The number of rotatable bonds is 8. The van der Waals surface area contributed by atoms with Crippen molar-refractivity contribution in [2.24, 2.45) is 0 Å². The number of aromatic nitrogens is 2. The van der Waals surface area contributed by atoms with E-state index in [-0.39, 0.29) is 17.6 Å². The van der Waals surface area contributed by atoms with Gasteiger partial charge in [0.05, 0.1) is 37.3 Å². The average molecular weight is 411 g/mol. The minimum atomic E-state index is -0.0738. The predicted molar refractivity (Wildman–Crippen MR) is 111 cm³/mol. The molecule has 0 aliphatic carbocycles. The second kappa shape index (κ2) is 9.61. The highest BCUT2D eigenvalue weighted by atomic mass is 32.2. The number of nitrogens with one attached hydrogen (secondary N) is 1. The van der Waals surface area contributed by atoms with Crippen LogP contribution in [0.25, 0.3) is 0 Å². The highest BCUT2D eigenvalue weighted by Crippen LogP contribution is 2.24. The van der Waals surface area contributed by atoms with Crippen molar-refractivity contribution in [1.29, 1.82) is 0 Å². The lowest BCUT2D eigenvalue weighted by Gasteiger charge is -2.40. The Hall–Kier alpha value is -1.09. The summed E-state index contributed by atoms with van der Waals surface area (Å²) in [5, 5.41) is 4.01. The van der Waals surface area contributed by atoms with Gasteiger partial charge in [0.25, 0.3) is 0 Å². The molecule has 3 heterocycles. The van der Waals surface area contributed by atoms with E-state index in [1.165, 1.54) is 11.8 Å². The molecule has 28 heavy (non-hydrogen) atoms. The number of imidazole rings is 1. The monoisotopic (exact) mass is 410 g/mol. The van der Waals surface area contributed by atoms with Crippen molar-refractivity contribution in [1.82, 2.24) is 19.8 Å². The first-order valence-electron chi connectivity index (χ1n) is 10.2. The van der Waals surface area contributed by atoms with Gasteiger partial charge >= 0.3 is 0 Å². The normalized spacial score (nSPS) is 21.2. The molecule has 0 aromatic carbocycles. The van der Waals surface area contributed by atoms with Crippen molar-refractivity contribution in [2.45, 2.75) is 63.9 Å². The number of carbonyl (C=O) groups is 1. The molecule has 2 aliphatic heterocycles. The van der Waals surface area contributed by atoms with Gasteiger partial charge in [0.1, 0.15) is 0 Å². The van der Waals surface area contributed by atoms with Crippen LogP contribution in [0, 0.1) is 13.8 Å². The molecule has 0 spiro atoms. The summed E-state index contributed by atoms with van der Waals surface area (Å²) in [5.41, 5.74) is 2.11. The van der Waals surface area contributed by atoms with Gasteiger partial charge in [-0.2, -0.15) is 0 Å². The maximum atomic E-state index is 12.5. The van der Waals surface area contributed by atoms with Crippen LogP contribution >= 0.6 is 11.8 Å². The number of amides is 1. The van der Waals surface area contributed by atoms with Gasteiger partial charge in [-0.15, -0.1) is 0 Å². The summed E-state index contributed by atoms with van der Waals surface area (Å²) in [6.45, 7) is 14.1. The molecule has 7 nitrogen and oxygen atoms in total. The molecule has 1 amide bonds. The minimum absolute atomic E-state index is 0.0494. The topological polar surface area (TPSA) is 68.6 Å². The maximum absolute atomic E-state index is 12.5. The molecule has 1 aromatic rings. The van der Waals surface area contributed by atoms with Crippen molar-refractivity contribution < 1.29 is 14.3 Å². The Morgan fingerprint density at radius 3 is 2.71 bits per heavy atom. The number of ether oxygens (including phenoxy) is 2. The molecule has 0 bridgehead atoms. The number of hydrogen-bond acceptors (Lipinski definition) is 6. The summed E-state index contributed by atoms with van der Waals surface area (Å²) in [5.74, 6) is 0.425. The number of thioether (sulfide) groups is 1. The lowest BCUT2D eigenvalue weighted by Crippen LogP contribution is -2.55. The van der Waals surface area contributed by atoms with E-state index in [1.54, 1.807) is 0 Å². The van der Waals surface area contributed by atoms with Crippen molar-refractivity contribution in [3.63, 3.8) is 0 Å². The smallest absolute Gasteiger partial charge is 0.230 e. The van der Waals surface area contributed by atoms with Crippen LogP contribution in [-0.2, 0) is 20.8 Å². The fourth-order valence-corrected chi connectivity index (χ4v) is 4.65. The fourth-order valence-electron chi connectivity index (χ4n) is 3.72. The molecule has 1 N–H and O–H groups in total. The molecule has 2 aliphatic rings. The standard InChI is InChI=1S/C20H34N4O3S/c1-15-16(2)24(12-17-6-5-9-27-17)19(22-15)28-13-18(25)21-14-20(3,4)23-7-10-26-11-8-23/h17H,5-14H2,1-4H3,(H,21,25). The zero-order valence-electron chi connectivity index (χ0n) is 17.6. The molecule has 2 fully saturated rings. The quantitative estimate of drug-likeness (QED) is 0.661. The van der Waals surface area contributed by atoms with Crippen LogP contribution in [-0.4, -0.2) is 77.2 Å². The molecule has 1 unspecified atom stereocenters. The van der Waals surface area contributed by atoms with Gasteiger partial charge in [-0.3, -0.25) is 9.69 Å². The van der Waals surface area contributed by atoms with Gasteiger partial charge in [0.15, 0.2) is 5.16 Å². The Kier molecular flexibility index (Phi) is 7.42. The van der Waals surface area contributed by atoms with E-state index in [0.717, 1.165) is 68.8 Å². The van der Waals surface area contributed by atoms with Crippen LogP contribution in [0.2, 0.25) is 0 Å². The number of carbonyl (C=O) groups excluding carboxylic acids is 1. The van der Waals surface area contributed by atoms with E-state index in [1.807, 2.05) is 6.92 Å². The van der Waals surface area contributed by atoms with Crippen molar-refractivity contribution in [2.75, 3.05) is 45.2 Å². The van der Waals surface area contributed by atoms with Crippen molar-refractivity contribution >= 4 is 17.7 Å². The molecule has 3 rings (SSSR count). The van der Waals surface area contributed by atoms with Crippen LogP contribution < -0.4 is 5.32 Å². The molecule has 1 atom stereocenters. The molecule has 1 aromatic heterocycles. The van der Waals surface area contributed by atoms with Crippen LogP contribution in [0.1, 0.15) is 38.1 Å².